The number of benzene rings is 1. The summed E-state index contributed by atoms with van der Waals surface area (Å²) in [6.07, 6.45) is 1.05. The molecule has 2 atom stereocenters. The molecule has 1 saturated heterocycles. The van der Waals surface area contributed by atoms with E-state index in [1.807, 2.05) is 0 Å². The number of para-hydroxylation sites is 1. The molecule has 1 aromatic carbocycles. The molecular weight excluding hydrogens is 259 g/mol. The number of carbonyl (C=O) groups excluding carboxylic acids is 2. The van der Waals surface area contributed by atoms with Gasteiger partial charge in [0.1, 0.15) is 5.82 Å². The first-order chi connectivity index (χ1) is 9.47. The summed E-state index contributed by atoms with van der Waals surface area (Å²) in [5, 5.41) is 2.33. The van der Waals surface area contributed by atoms with Gasteiger partial charge in [0.15, 0.2) is 0 Å². The molecule has 20 heavy (non-hydrogen) atoms. The minimum Gasteiger partial charge on any atom is -0.334 e. The molecule has 4 nitrogen and oxygen atoms in total. The Morgan fingerprint density at radius 1 is 1.20 bits per heavy atom. The molecule has 1 aromatic rings. The smallest absolute Gasteiger partial charge is 0.313 e. The first kappa shape index (κ1) is 14.5. The number of nitrogens with one attached hydrogen (secondary N) is 1. The van der Waals surface area contributed by atoms with Crippen molar-refractivity contribution in [3.05, 3.63) is 30.1 Å². The molecule has 0 spiro atoms. The maximum absolute atomic E-state index is 13.4. The van der Waals surface area contributed by atoms with Crippen molar-refractivity contribution in [1.82, 2.24) is 4.90 Å². The lowest BCUT2D eigenvalue weighted by atomic mass is 9.92. The standard InChI is InChI=1S/C15H19FN2O2/c1-10-7-11(2)9-18(8-10)15(20)14(19)17-13-6-4-3-5-12(13)16/h3-6,10-11H,7-9H2,1-2H3,(H,17,19). The highest BCUT2D eigenvalue weighted by molar-refractivity contribution is 6.39. The number of hydrogen-bond acceptors (Lipinski definition) is 2. The Kier molecular flexibility index (Phi) is 4.37. The molecule has 2 rings (SSSR count). The minimum absolute atomic E-state index is 0.0314. The highest BCUT2D eigenvalue weighted by atomic mass is 19.1. The number of amides is 2. The van der Waals surface area contributed by atoms with Crippen molar-refractivity contribution in [3.63, 3.8) is 0 Å². The van der Waals surface area contributed by atoms with Crippen LogP contribution in [-0.4, -0.2) is 29.8 Å². The number of rotatable bonds is 1. The van der Waals surface area contributed by atoms with Crippen LogP contribution in [0.1, 0.15) is 20.3 Å². The van der Waals surface area contributed by atoms with Crippen molar-refractivity contribution < 1.29 is 14.0 Å². The molecule has 1 fully saturated rings. The Labute approximate surface area is 118 Å². The molecule has 1 heterocycles. The largest absolute Gasteiger partial charge is 0.334 e. The topological polar surface area (TPSA) is 49.4 Å². The van der Waals surface area contributed by atoms with Crippen molar-refractivity contribution in [2.45, 2.75) is 20.3 Å². The lowest BCUT2D eigenvalue weighted by Gasteiger charge is -2.34. The number of halogens is 1. The quantitative estimate of drug-likeness (QED) is 0.801. The monoisotopic (exact) mass is 278 g/mol. The van der Waals surface area contributed by atoms with Gasteiger partial charge in [0.2, 0.25) is 0 Å². The molecule has 0 aromatic heterocycles. The van der Waals surface area contributed by atoms with Crippen LogP contribution >= 0.6 is 0 Å². The van der Waals surface area contributed by atoms with Gasteiger partial charge < -0.3 is 10.2 Å². The molecule has 0 radical (unpaired) electrons. The van der Waals surface area contributed by atoms with Gasteiger partial charge in [-0.2, -0.15) is 0 Å². The van der Waals surface area contributed by atoms with Crippen LogP contribution in [0.4, 0.5) is 10.1 Å². The highest BCUT2D eigenvalue weighted by Crippen LogP contribution is 2.21. The summed E-state index contributed by atoms with van der Waals surface area (Å²) in [7, 11) is 0. The van der Waals surface area contributed by atoms with E-state index >= 15 is 0 Å². The molecule has 1 aliphatic heterocycles. The molecule has 0 saturated carbocycles. The molecule has 0 aliphatic carbocycles. The van der Waals surface area contributed by atoms with Crippen molar-refractivity contribution in [2.75, 3.05) is 18.4 Å². The number of likely N-dealkylation sites (tertiary alicyclic amines) is 1. The van der Waals surface area contributed by atoms with E-state index in [1.54, 1.807) is 11.0 Å². The van der Waals surface area contributed by atoms with Crippen molar-refractivity contribution >= 4 is 17.5 Å². The van der Waals surface area contributed by atoms with E-state index in [9.17, 15) is 14.0 Å². The number of hydrogen-bond donors (Lipinski definition) is 1. The van der Waals surface area contributed by atoms with Gasteiger partial charge in [-0.3, -0.25) is 9.59 Å². The van der Waals surface area contributed by atoms with Crippen molar-refractivity contribution in [2.24, 2.45) is 11.8 Å². The fourth-order valence-corrected chi connectivity index (χ4v) is 2.71. The zero-order valence-corrected chi connectivity index (χ0v) is 11.7. The Bertz CT molecular complexity index is 508. The Morgan fingerprint density at radius 3 is 2.40 bits per heavy atom. The highest BCUT2D eigenvalue weighted by Gasteiger charge is 2.29. The van der Waals surface area contributed by atoms with Crippen LogP contribution in [0.25, 0.3) is 0 Å². The van der Waals surface area contributed by atoms with Crippen LogP contribution in [0.2, 0.25) is 0 Å². The fourth-order valence-electron chi connectivity index (χ4n) is 2.71. The second-order valence-corrected chi connectivity index (χ2v) is 5.59. The number of anilines is 1. The van der Waals surface area contributed by atoms with E-state index in [2.05, 4.69) is 19.2 Å². The Morgan fingerprint density at radius 2 is 1.80 bits per heavy atom. The van der Waals surface area contributed by atoms with Crippen LogP contribution in [-0.2, 0) is 9.59 Å². The molecule has 2 unspecified atom stereocenters. The second kappa shape index (κ2) is 6.03. The van der Waals surface area contributed by atoms with E-state index in [-0.39, 0.29) is 5.69 Å². The lowest BCUT2D eigenvalue weighted by molar-refractivity contribution is -0.145. The van der Waals surface area contributed by atoms with Crippen LogP contribution < -0.4 is 5.32 Å². The third-order valence-electron chi connectivity index (χ3n) is 3.47. The summed E-state index contributed by atoms with van der Waals surface area (Å²) in [4.78, 5) is 25.6. The van der Waals surface area contributed by atoms with E-state index in [0.29, 0.717) is 24.9 Å². The van der Waals surface area contributed by atoms with Gasteiger partial charge in [-0.15, -0.1) is 0 Å². The first-order valence-electron chi connectivity index (χ1n) is 6.82. The van der Waals surface area contributed by atoms with E-state index < -0.39 is 17.6 Å². The average Bonchev–Trinajstić information content (AvgIpc) is 2.39. The molecule has 108 valence electrons. The third kappa shape index (κ3) is 3.35. The summed E-state index contributed by atoms with van der Waals surface area (Å²) in [5.74, 6) is -1.16. The summed E-state index contributed by atoms with van der Waals surface area (Å²) < 4.78 is 13.4. The van der Waals surface area contributed by atoms with Gasteiger partial charge in [0, 0.05) is 13.1 Å². The zero-order chi connectivity index (χ0) is 14.7. The van der Waals surface area contributed by atoms with Gasteiger partial charge in [-0.1, -0.05) is 26.0 Å². The first-order valence-corrected chi connectivity index (χ1v) is 6.82. The molecule has 1 N–H and O–H groups in total. The Hall–Kier alpha value is -1.91. The minimum atomic E-state index is -0.781. The van der Waals surface area contributed by atoms with Crippen LogP contribution in [0.5, 0.6) is 0 Å². The molecule has 1 aliphatic rings. The number of carbonyl (C=O) groups is 2. The number of nitrogens with zero attached hydrogens (tertiary/aromatic N) is 1. The molecule has 5 heteroatoms. The van der Waals surface area contributed by atoms with E-state index in [4.69, 9.17) is 0 Å². The summed E-state index contributed by atoms with van der Waals surface area (Å²) in [6.45, 7) is 5.27. The van der Waals surface area contributed by atoms with E-state index in [1.165, 1.54) is 18.2 Å². The second-order valence-electron chi connectivity index (χ2n) is 5.59. The summed E-state index contributed by atoms with van der Waals surface area (Å²) in [6, 6.07) is 5.81. The maximum atomic E-state index is 13.4. The van der Waals surface area contributed by atoms with Crippen molar-refractivity contribution in [3.8, 4) is 0 Å². The molecule has 2 amide bonds. The van der Waals surface area contributed by atoms with Gasteiger partial charge in [-0.05, 0) is 30.4 Å². The van der Waals surface area contributed by atoms with Gasteiger partial charge in [0.25, 0.3) is 0 Å². The third-order valence-corrected chi connectivity index (χ3v) is 3.47. The predicted molar refractivity (Wildman–Crippen MR) is 74.6 cm³/mol. The SMILES string of the molecule is CC1CC(C)CN(C(=O)C(=O)Nc2ccccc2F)C1. The van der Waals surface area contributed by atoms with Crippen LogP contribution in [0, 0.1) is 17.7 Å². The lowest BCUT2D eigenvalue weighted by Crippen LogP contribution is -2.47. The van der Waals surface area contributed by atoms with Crippen LogP contribution in [0.15, 0.2) is 24.3 Å². The maximum Gasteiger partial charge on any atom is 0.313 e. The number of piperidine rings is 1. The fraction of sp³-hybridized carbons (Fsp3) is 0.467. The van der Waals surface area contributed by atoms with Crippen molar-refractivity contribution in [1.29, 1.82) is 0 Å². The molecular formula is C15H19FN2O2. The van der Waals surface area contributed by atoms with Gasteiger partial charge >= 0.3 is 11.8 Å². The van der Waals surface area contributed by atoms with Crippen LogP contribution in [0.3, 0.4) is 0 Å². The van der Waals surface area contributed by atoms with E-state index in [0.717, 1.165) is 6.42 Å². The normalized spacial score (nSPS) is 22.4. The average molecular weight is 278 g/mol. The predicted octanol–water partition coefficient (Wildman–Crippen LogP) is 2.27. The summed E-state index contributed by atoms with van der Waals surface area (Å²) in [5.41, 5.74) is 0.0314. The summed E-state index contributed by atoms with van der Waals surface area (Å²) >= 11 is 0. The van der Waals surface area contributed by atoms with Gasteiger partial charge in [-0.25, -0.2) is 4.39 Å². The van der Waals surface area contributed by atoms with Gasteiger partial charge in [0.05, 0.1) is 5.69 Å². The molecule has 0 bridgehead atoms. The zero-order valence-electron chi connectivity index (χ0n) is 11.7. The Balaban J connectivity index is 2.02.